The molecule has 0 spiro atoms. The van der Waals surface area contributed by atoms with Gasteiger partial charge in [0.05, 0.1) is 25.4 Å². The van der Waals surface area contributed by atoms with Crippen molar-refractivity contribution in [3.8, 4) is 0 Å². The number of carbonyl (C=O) groups is 1. The van der Waals surface area contributed by atoms with Gasteiger partial charge in [-0.3, -0.25) is 4.79 Å². The van der Waals surface area contributed by atoms with Gasteiger partial charge in [0, 0.05) is 6.42 Å². The summed E-state index contributed by atoms with van der Waals surface area (Å²) >= 11 is 0. The van der Waals surface area contributed by atoms with Gasteiger partial charge in [-0.15, -0.1) is 0 Å². The number of nitrogens with one attached hydrogen (secondary N) is 1. The van der Waals surface area contributed by atoms with Crippen molar-refractivity contribution in [3.63, 3.8) is 0 Å². The number of rotatable bonds is 52. The summed E-state index contributed by atoms with van der Waals surface area (Å²) in [5.74, 6) is -0.188. The molecule has 0 saturated carbocycles. The Morgan fingerprint density at radius 2 is 0.849 bits per heavy atom. The SMILES string of the molecule is CC/C=C\C/C=C\C/C=C\C/C=C\C/C=C\CCCCCCCCCC(=O)NC(COC1OC(CO)C(O)C(O)C1O)C(O)/C=C/CCCCCCCCCCCCCCCCCCCCCCCCCCC. The van der Waals surface area contributed by atoms with Crippen LogP contribution in [0, 0.1) is 0 Å². The molecule has 1 aliphatic heterocycles. The third-order valence-corrected chi connectivity index (χ3v) is 14.3. The molecular formula is C64H115NO8. The van der Waals surface area contributed by atoms with Crippen LogP contribution < -0.4 is 5.32 Å². The Labute approximate surface area is 448 Å². The predicted molar refractivity (Wildman–Crippen MR) is 309 cm³/mol. The molecule has 0 aliphatic carbocycles. The fourth-order valence-corrected chi connectivity index (χ4v) is 9.48. The van der Waals surface area contributed by atoms with E-state index in [0.717, 1.165) is 83.5 Å². The van der Waals surface area contributed by atoms with Gasteiger partial charge in [-0.1, -0.05) is 273 Å². The van der Waals surface area contributed by atoms with E-state index in [1.165, 1.54) is 167 Å². The van der Waals surface area contributed by atoms with Gasteiger partial charge in [-0.2, -0.15) is 0 Å². The largest absolute Gasteiger partial charge is 0.394 e. The van der Waals surface area contributed by atoms with Crippen molar-refractivity contribution < 1.29 is 39.8 Å². The number of hydrogen-bond acceptors (Lipinski definition) is 8. The Morgan fingerprint density at radius 1 is 0.479 bits per heavy atom. The minimum atomic E-state index is -1.57. The van der Waals surface area contributed by atoms with Crippen LogP contribution in [-0.2, 0) is 14.3 Å². The lowest BCUT2D eigenvalue weighted by molar-refractivity contribution is -0.302. The highest BCUT2D eigenvalue weighted by Crippen LogP contribution is 2.23. The van der Waals surface area contributed by atoms with Crippen LogP contribution in [0.4, 0.5) is 0 Å². The Hall–Kier alpha value is -2.37. The normalized spacial score (nSPS) is 19.6. The van der Waals surface area contributed by atoms with Crippen LogP contribution in [0.25, 0.3) is 0 Å². The molecule has 0 radical (unpaired) electrons. The van der Waals surface area contributed by atoms with Gasteiger partial charge in [0.2, 0.25) is 5.91 Å². The maximum absolute atomic E-state index is 13.1. The van der Waals surface area contributed by atoms with E-state index in [2.05, 4.69) is 79.9 Å². The lowest BCUT2D eigenvalue weighted by atomic mass is 9.99. The first-order valence-electron chi connectivity index (χ1n) is 30.7. The molecule has 1 fully saturated rings. The summed E-state index contributed by atoms with van der Waals surface area (Å²) < 4.78 is 11.3. The van der Waals surface area contributed by atoms with E-state index in [-0.39, 0.29) is 12.5 Å². The van der Waals surface area contributed by atoms with E-state index in [1.54, 1.807) is 6.08 Å². The summed E-state index contributed by atoms with van der Waals surface area (Å²) in [5, 5.41) is 54.6. The second-order valence-electron chi connectivity index (χ2n) is 21.1. The summed E-state index contributed by atoms with van der Waals surface area (Å²) in [6, 6.07) is -0.817. The lowest BCUT2D eigenvalue weighted by Crippen LogP contribution is -2.60. The smallest absolute Gasteiger partial charge is 0.220 e. The summed E-state index contributed by atoms with van der Waals surface area (Å²) in [7, 11) is 0. The average molecular weight is 1030 g/mol. The average Bonchev–Trinajstić information content (AvgIpc) is 3.39. The van der Waals surface area contributed by atoms with Crippen molar-refractivity contribution in [1.29, 1.82) is 0 Å². The summed E-state index contributed by atoms with van der Waals surface area (Å²) in [5.41, 5.74) is 0. The molecule has 0 bridgehead atoms. The van der Waals surface area contributed by atoms with Gasteiger partial charge < -0.3 is 40.3 Å². The standard InChI is InChI=1S/C64H115NO8/c1-3-5-7-9-11-13-15-17-19-21-23-25-27-28-29-30-32-33-35-37-39-41-43-45-47-49-51-53-58(67)57(56-72-64-63(71)62(70)61(69)59(55-66)73-64)65-60(68)54-52-50-48-46-44-42-40-38-36-34-31-26-24-22-20-18-16-14-12-10-8-6-4-2/h6,8,12,14,18,20,24,26,34,36,51,53,57-59,61-64,66-67,69-71H,3-5,7,9-11,13,15-17,19,21-23,25,27-33,35,37-50,52,54-56H2,1-2H3,(H,65,68)/b8-6-,14-12-,20-18-,26-24-,36-34-,53-51+. The lowest BCUT2D eigenvalue weighted by Gasteiger charge is -2.40. The number of amides is 1. The van der Waals surface area contributed by atoms with E-state index in [0.29, 0.717) is 6.42 Å². The fourth-order valence-electron chi connectivity index (χ4n) is 9.48. The molecule has 9 heteroatoms. The first kappa shape index (κ1) is 68.6. The van der Waals surface area contributed by atoms with Gasteiger partial charge in [0.1, 0.15) is 24.4 Å². The highest BCUT2D eigenvalue weighted by atomic mass is 16.7. The number of hydrogen-bond donors (Lipinski definition) is 6. The van der Waals surface area contributed by atoms with Gasteiger partial charge in [0.15, 0.2) is 6.29 Å². The van der Waals surface area contributed by atoms with E-state index in [1.807, 2.05) is 6.08 Å². The number of unbranched alkanes of at least 4 members (excludes halogenated alkanes) is 32. The van der Waals surface area contributed by atoms with Crippen LogP contribution in [0.3, 0.4) is 0 Å². The van der Waals surface area contributed by atoms with Gasteiger partial charge in [0.25, 0.3) is 0 Å². The van der Waals surface area contributed by atoms with Crippen LogP contribution in [0.15, 0.2) is 72.9 Å². The van der Waals surface area contributed by atoms with Crippen LogP contribution in [0.1, 0.15) is 271 Å². The number of allylic oxidation sites excluding steroid dienone is 11. The molecule has 7 unspecified atom stereocenters. The third kappa shape index (κ3) is 42.4. The number of carbonyl (C=O) groups excluding carboxylic acids is 1. The minimum Gasteiger partial charge on any atom is -0.394 e. The van der Waals surface area contributed by atoms with Crippen LogP contribution >= 0.6 is 0 Å². The first-order valence-corrected chi connectivity index (χ1v) is 30.7. The Bertz CT molecular complexity index is 1380. The fraction of sp³-hybridized carbons (Fsp3) is 0.797. The topological polar surface area (TPSA) is 149 Å². The maximum atomic E-state index is 13.1. The quantitative estimate of drug-likeness (QED) is 0.0261. The molecule has 1 amide bonds. The molecule has 1 saturated heterocycles. The third-order valence-electron chi connectivity index (χ3n) is 14.3. The highest BCUT2D eigenvalue weighted by molar-refractivity contribution is 5.76. The number of ether oxygens (including phenoxy) is 2. The van der Waals surface area contributed by atoms with E-state index in [4.69, 9.17) is 9.47 Å². The molecule has 0 aromatic heterocycles. The van der Waals surface area contributed by atoms with Crippen molar-refractivity contribution >= 4 is 5.91 Å². The molecule has 1 aliphatic rings. The zero-order chi connectivity index (χ0) is 52.9. The van der Waals surface area contributed by atoms with Gasteiger partial charge in [-0.05, 0) is 64.2 Å². The van der Waals surface area contributed by atoms with Crippen LogP contribution in [-0.4, -0.2) is 87.5 Å². The van der Waals surface area contributed by atoms with Crippen molar-refractivity contribution in [1.82, 2.24) is 5.32 Å². The van der Waals surface area contributed by atoms with Gasteiger partial charge in [-0.25, -0.2) is 0 Å². The Morgan fingerprint density at radius 3 is 1.26 bits per heavy atom. The summed E-state index contributed by atoms with van der Waals surface area (Å²) in [6.45, 7) is 3.68. The highest BCUT2D eigenvalue weighted by Gasteiger charge is 2.44. The van der Waals surface area contributed by atoms with Crippen LogP contribution in [0.5, 0.6) is 0 Å². The number of aliphatic hydroxyl groups is 5. The predicted octanol–water partition coefficient (Wildman–Crippen LogP) is 15.6. The summed E-state index contributed by atoms with van der Waals surface area (Å²) in [4.78, 5) is 13.1. The molecule has 6 N–H and O–H groups in total. The van der Waals surface area contributed by atoms with E-state index >= 15 is 0 Å². The van der Waals surface area contributed by atoms with Crippen molar-refractivity contribution in [2.45, 2.75) is 314 Å². The zero-order valence-corrected chi connectivity index (χ0v) is 47.1. The van der Waals surface area contributed by atoms with Gasteiger partial charge >= 0.3 is 0 Å². The molecule has 0 aromatic carbocycles. The van der Waals surface area contributed by atoms with Crippen molar-refractivity contribution in [2.75, 3.05) is 13.2 Å². The molecule has 0 aromatic rings. The second kappa shape index (κ2) is 53.0. The van der Waals surface area contributed by atoms with Crippen molar-refractivity contribution in [2.24, 2.45) is 0 Å². The molecular weight excluding hydrogens is 911 g/mol. The van der Waals surface area contributed by atoms with Crippen LogP contribution in [0.2, 0.25) is 0 Å². The minimum absolute atomic E-state index is 0.188. The molecule has 9 nitrogen and oxygen atoms in total. The molecule has 1 heterocycles. The second-order valence-corrected chi connectivity index (χ2v) is 21.1. The number of aliphatic hydroxyl groups excluding tert-OH is 5. The Kier molecular flexibility index (Phi) is 49.9. The first-order chi connectivity index (χ1) is 35.8. The summed E-state index contributed by atoms with van der Waals surface area (Å²) in [6.07, 6.45) is 66.9. The van der Waals surface area contributed by atoms with E-state index in [9.17, 15) is 30.3 Å². The van der Waals surface area contributed by atoms with Crippen molar-refractivity contribution in [3.05, 3.63) is 72.9 Å². The monoisotopic (exact) mass is 1030 g/mol. The molecule has 73 heavy (non-hydrogen) atoms. The molecule has 7 atom stereocenters. The maximum Gasteiger partial charge on any atom is 0.220 e. The molecule has 1 rings (SSSR count). The van der Waals surface area contributed by atoms with E-state index < -0.39 is 49.5 Å². The Balaban J connectivity index is 2.22. The zero-order valence-electron chi connectivity index (χ0n) is 47.1. The molecule has 424 valence electrons.